The van der Waals surface area contributed by atoms with Crippen molar-refractivity contribution in [3.05, 3.63) is 89.5 Å². The Hall–Kier alpha value is -3.73. The van der Waals surface area contributed by atoms with Crippen molar-refractivity contribution in [2.75, 3.05) is 21.0 Å². The average molecular weight is 401 g/mol. The molecule has 1 amide bonds. The number of methoxy groups -OCH3 is 1. The van der Waals surface area contributed by atoms with Crippen LogP contribution in [0.15, 0.2) is 72.8 Å². The molecule has 0 spiro atoms. The van der Waals surface area contributed by atoms with Crippen LogP contribution < -0.4 is 14.2 Å². The van der Waals surface area contributed by atoms with Crippen LogP contribution in [-0.2, 0) is 11.3 Å². The van der Waals surface area contributed by atoms with Gasteiger partial charge in [-0.1, -0.05) is 54.6 Å². The number of benzene rings is 3. The maximum Gasteiger partial charge on any atom is 0.254 e. The van der Waals surface area contributed by atoms with Gasteiger partial charge in [-0.3, -0.25) is 4.79 Å². The highest BCUT2D eigenvalue weighted by Crippen LogP contribution is 2.33. The lowest BCUT2D eigenvalue weighted by molar-refractivity contribution is -0.124. The van der Waals surface area contributed by atoms with E-state index in [0.717, 1.165) is 28.2 Å². The number of carbonyl (C=O) groups excluding carboxylic acids is 1. The van der Waals surface area contributed by atoms with Crippen LogP contribution in [0, 0.1) is 0 Å². The molecule has 1 heterocycles. The fourth-order valence-electron chi connectivity index (χ4n) is 3.42. The number of carbonyl (C=O) groups is 1. The molecule has 0 saturated carbocycles. The molecule has 0 unspecified atom stereocenters. The van der Waals surface area contributed by atoms with Crippen molar-refractivity contribution in [3.63, 3.8) is 0 Å². The van der Waals surface area contributed by atoms with Crippen molar-refractivity contribution in [1.82, 2.24) is 4.90 Å². The standard InChI is InChI=1S/C25H23NO4/c1-26(16-18-12-13-23-24(14-18)30-17-29-23)25(27)21(19-8-4-3-5-9-19)15-20-10-6-7-11-22(20)28-2/h3-15H,16-17H2,1-2H3/b21-15+. The number of ether oxygens (including phenoxy) is 3. The van der Waals surface area contributed by atoms with E-state index in [9.17, 15) is 4.79 Å². The van der Waals surface area contributed by atoms with E-state index in [1.807, 2.05) is 78.9 Å². The third-order valence-electron chi connectivity index (χ3n) is 4.96. The number of hydrogen-bond donors (Lipinski definition) is 0. The number of fused-ring (bicyclic) bond motifs is 1. The SMILES string of the molecule is COc1ccccc1/C=C(/C(=O)N(C)Cc1ccc2c(c1)OCO2)c1ccccc1. The van der Waals surface area contributed by atoms with Crippen molar-refractivity contribution in [3.8, 4) is 17.2 Å². The summed E-state index contributed by atoms with van der Waals surface area (Å²) in [5, 5.41) is 0. The molecule has 0 aliphatic carbocycles. The summed E-state index contributed by atoms with van der Waals surface area (Å²) < 4.78 is 16.3. The van der Waals surface area contributed by atoms with Crippen LogP contribution in [0.3, 0.4) is 0 Å². The zero-order valence-corrected chi connectivity index (χ0v) is 17.0. The molecule has 0 fully saturated rings. The normalized spacial score (nSPS) is 12.5. The number of para-hydroxylation sites is 1. The Bertz CT molecular complexity index is 1080. The van der Waals surface area contributed by atoms with E-state index in [4.69, 9.17) is 14.2 Å². The second kappa shape index (κ2) is 8.74. The van der Waals surface area contributed by atoms with Gasteiger partial charge in [0.1, 0.15) is 5.75 Å². The molecule has 0 bridgehead atoms. The summed E-state index contributed by atoms with van der Waals surface area (Å²) in [4.78, 5) is 15.1. The zero-order valence-electron chi connectivity index (χ0n) is 17.0. The van der Waals surface area contributed by atoms with E-state index in [1.54, 1.807) is 19.1 Å². The molecular weight excluding hydrogens is 378 g/mol. The minimum Gasteiger partial charge on any atom is -0.496 e. The molecule has 5 nitrogen and oxygen atoms in total. The van der Waals surface area contributed by atoms with Crippen LogP contribution in [0.5, 0.6) is 17.2 Å². The fraction of sp³-hybridized carbons (Fsp3) is 0.160. The predicted octanol–water partition coefficient (Wildman–Crippen LogP) is 4.62. The minimum atomic E-state index is -0.0789. The average Bonchev–Trinajstić information content (AvgIpc) is 3.25. The molecule has 152 valence electrons. The van der Waals surface area contributed by atoms with Crippen LogP contribution in [-0.4, -0.2) is 31.8 Å². The van der Waals surface area contributed by atoms with E-state index in [2.05, 4.69) is 0 Å². The highest BCUT2D eigenvalue weighted by atomic mass is 16.7. The van der Waals surface area contributed by atoms with Gasteiger partial charge in [0.25, 0.3) is 5.91 Å². The van der Waals surface area contributed by atoms with Crippen LogP contribution in [0.2, 0.25) is 0 Å². The van der Waals surface area contributed by atoms with E-state index in [1.165, 1.54) is 0 Å². The Morgan fingerprint density at radius 3 is 2.53 bits per heavy atom. The number of rotatable bonds is 6. The lowest BCUT2D eigenvalue weighted by atomic mass is 10.0. The molecule has 3 aromatic rings. The summed E-state index contributed by atoms with van der Waals surface area (Å²) in [5.41, 5.74) is 3.28. The van der Waals surface area contributed by atoms with E-state index >= 15 is 0 Å². The predicted molar refractivity (Wildman–Crippen MR) is 116 cm³/mol. The maximum atomic E-state index is 13.4. The molecule has 0 N–H and O–H groups in total. The van der Waals surface area contributed by atoms with Crippen molar-refractivity contribution < 1.29 is 19.0 Å². The Morgan fingerprint density at radius 2 is 1.73 bits per heavy atom. The van der Waals surface area contributed by atoms with Crippen LogP contribution >= 0.6 is 0 Å². The monoisotopic (exact) mass is 401 g/mol. The van der Waals surface area contributed by atoms with Gasteiger partial charge in [-0.25, -0.2) is 0 Å². The second-order valence-corrected chi connectivity index (χ2v) is 7.01. The number of likely N-dealkylation sites (N-methyl/N-ethyl adjacent to an activating group) is 1. The highest BCUT2D eigenvalue weighted by molar-refractivity contribution is 6.24. The summed E-state index contributed by atoms with van der Waals surface area (Å²) in [6, 6.07) is 23.1. The fourth-order valence-corrected chi connectivity index (χ4v) is 3.42. The molecule has 1 aliphatic heterocycles. The Balaban J connectivity index is 1.65. The quantitative estimate of drug-likeness (QED) is 0.447. The van der Waals surface area contributed by atoms with E-state index in [0.29, 0.717) is 17.9 Å². The summed E-state index contributed by atoms with van der Waals surface area (Å²) in [7, 11) is 3.42. The Labute approximate surface area is 176 Å². The minimum absolute atomic E-state index is 0.0789. The largest absolute Gasteiger partial charge is 0.496 e. The topological polar surface area (TPSA) is 48.0 Å². The van der Waals surface area contributed by atoms with Crippen LogP contribution in [0.4, 0.5) is 0 Å². The van der Waals surface area contributed by atoms with Crippen LogP contribution in [0.25, 0.3) is 11.6 Å². The van der Waals surface area contributed by atoms with Gasteiger partial charge in [-0.2, -0.15) is 0 Å². The summed E-state index contributed by atoms with van der Waals surface area (Å²) >= 11 is 0. The number of hydrogen-bond acceptors (Lipinski definition) is 4. The summed E-state index contributed by atoms with van der Waals surface area (Å²) in [6.45, 7) is 0.679. The van der Waals surface area contributed by atoms with Crippen LogP contribution in [0.1, 0.15) is 16.7 Å². The Morgan fingerprint density at radius 1 is 1.00 bits per heavy atom. The first-order valence-electron chi connectivity index (χ1n) is 9.70. The summed E-state index contributed by atoms with van der Waals surface area (Å²) in [6.07, 6.45) is 1.88. The van der Waals surface area contributed by atoms with Gasteiger partial charge < -0.3 is 19.1 Å². The third-order valence-corrected chi connectivity index (χ3v) is 4.96. The highest BCUT2D eigenvalue weighted by Gasteiger charge is 2.19. The zero-order chi connectivity index (χ0) is 20.9. The molecule has 3 aromatic carbocycles. The van der Waals surface area contributed by atoms with Crippen molar-refractivity contribution in [1.29, 1.82) is 0 Å². The van der Waals surface area contributed by atoms with E-state index < -0.39 is 0 Å². The maximum absolute atomic E-state index is 13.4. The second-order valence-electron chi connectivity index (χ2n) is 7.01. The number of nitrogens with zero attached hydrogens (tertiary/aromatic N) is 1. The molecular formula is C25H23NO4. The first-order chi connectivity index (χ1) is 14.7. The van der Waals surface area contributed by atoms with Crippen molar-refractivity contribution in [2.45, 2.75) is 6.54 Å². The van der Waals surface area contributed by atoms with E-state index in [-0.39, 0.29) is 12.7 Å². The van der Waals surface area contributed by atoms with Gasteiger partial charge in [0.05, 0.1) is 7.11 Å². The molecule has 0 radical (unpaired) electrons. The molecule has 0 atom stereocenters. The van der Waals surface area contributed by atoms with Gasteiger partial charge in [-0.05, 0) is 35.4 Å². The van der Waals surface area contributed by atoms with Gasteiger partial charge in [-0.15, -0.1) is 0 Å². The first-order valence-corrected chi connectivity index (χ1v) is 9.70. The lowest BCUT2D eigenvalue weighted by Crippen LogP contribution is -2.27. The van der Waals surface area contributed by atoms with Crippen molar-refractivity contribution in [2.24, 2.45) is 0 Å². The van der Waals surface area contributed by atoms with Gasteiger partial charge in [0.15, 0.2) is 11.5 Å². The smallest absolute Gasteiger partial charge is 0.254 e. The number of amides is 1. The molecule has 0 aromatic heterocycles. The molecule has 5 heteroatoms. The molecule has 4 rings (SSSR count). The molecule has 1 aliphatic rings. The van der Waals surface area contributed by atoms with Gasteiger partial charge >= 0.3 is 0 Å². The van der Waals surface area contributed by atoms with Crippen molar-refractivity contribution >= 4 is 17.6 Å². The molecule has 30 heavy (non-hydrogen) atoms. The Kier molecular flexibility index (Phi) is 5.70. The van der Waals surface area contributed by atoms with Gasteiger partial charge in [0, 0.05) is 24.7 Å². The first kappa shape index (κ1) is 19.6. The molecule has 0 saturated heterocycles. The summed E-state index contributed by atoms with van der Waals surface area (Å²) in [5.74, 6) is 2.08. The lowest BCUT2D eigenvalue weighted by Gasteiger charge is -2.20. The third kappa shape index (κ3) is 4.15. The van der Waals surface area contributed by atoms with Gasteiger partial charge in [0.2, 0.25) is 6.79 Å².